The van der Waals surface area contributed by atoms with E-state index in [2.05, 4.69) is 29.1 Å². The van der Waals surface area contributed by atoms with Crippen molar-refractivity contribution in [2.24, 2.45) is 0 Å². The molecule has 3 rings (SSSR count). The van der Waals surface area contributed by atoms with Crippen LogP contribution in [0.25, 0.3) is 0 Å². The summed E-state index contributed by atoms with van der Waals surface area (Å²) < 4.78 is 32.7. The highest BCUT2D eigenvalue weighted by Gasteiger charge is 2.14. The molecule has 8 heteroatoms. The molecule has 0 aliphatic carbocycles. The molecule has 0 aromatic heterocycles. The molecule has 162 valence electrons. The summed E-state index contributed by atoms with van der Waals surface area (Å²) in [7, 11) is -2.19. The summed E-state index contributed by atoms with van der Waals surface area (Å²) in [6.07, 6.45) is 0. The van der Waals surface area contributed by atoms with Gasteiger partial charge in [-0.3, -0.25) is 9.52 Å². The summed E-state index contributed by atoms with van der Waals surface area (Å²) in [5.41, 5.74) is 3.39. The van der Waals surface area contributed by atoms with Crippen molar-refractivity contribution in [3.8, 4) is 5.75 Å². The van der Waals surface area contributed by atoms with Crippen LogP contribution in [-0.4, -0.2) is 27.2 Å². The minimum absolute atomic E-state index is 0.107. The van der Waals surface area contributed by atoms with Crippen molar-refractivity contribution in [1.29, 1.82) is 0 Å². The molecule has 2 N–H and O–H groups in total. The van der Waals surface area contributed by atoms with E-state index in [1.54, 1.807) is 43.5 Å². The van der Waals surface area contributed by atoms with Gasteiger partial charge in [-0.15, -0.1) is 11.8 Å². The van der Waals surface area contributed by atoms with Crippen LogP contribution in [0.15, 0.2) is 77.7 Å². The Kier molecular flexibility index (Phi) is 7.59. The first-order valence-electron chi connectivity index (χ1n) is 9.56. The number of ether oxygens (including phenoxy) is 1. The third-order valence-electron chi connectivity index (χ3n) is 4.54. The number of carbonyl (C=O) groups is 1. The number of hydrogen-bond donors (Lipinski definition) is 2. The standard InChI is InChI=1S/C23H24N2O4S2/c1-17-5-3-4-6-18(17)15-30-16-23(26)24-19-9-13-22(14-10-19)31(27,28)25-20-7-11-21(29-2)12-8-20/h3-14,25H,15-16H2,1-2H3,(H,24,26). The minimum atomic E-state index is -3.73. The summed E-state index contributed by atoms with van der Waals surface area (Å²) in [6, 6.07) is 20.8. The summed E-state index contributed by atoms with van der Waals surface area (Å²) >= 11 is 1.53. The molecular formula is C23H24N2O4S2. The number of sulfonamides is 1. The molecule has 0 saturated carbocycles. The van der Waals surface area contributed by atoms with Gasteiger partial charge in [-0.2, -0.15) is 0 Å². The van der Waals surface area contributed by atoms with E-state index in [0.717, 1.165) is 5.75 Å². The zero-order valence-corrected chi connectivity index (χ0v) is 18.9. The molecule has 0 saturated heterocycles. The fourth-order valence-electron chi connectivity index (χ4n) is 2.81. The highest BCUT2D eigenvalue weighted by atomic mass is 32.2. The third kappa shape index (κ3) is 6.50. The van der Waals surface area contributed by atoms with Crippen LogP contribution in [0.1, 0.15) is 11.1 Å². The van der Waals surface area contributed by atoms with Crippen LogP contribution in [0.4, 0.5) is 11.4 Å². The molecular weight excluding hydrogens is 432 g/mol. The van der Waals surface area contributed by atoms with Gasteiger partial charge in [0.05, 0.1) is 17.8 Å². The zero-order chi connectivity index (χ0) is 22.3. The molecule has 1 amide bonds. The number of hydrogen-bond acceptors (Lipinski definition) is 5. The smallest absolute Gasteiger partial charge is 0.261 e. The molecule has 0 radical (unpaired) electrons. The number of amides is 1. The molecule has 6 nitrogen and oxygen atoms in total. The van der Waals surface area contributed by atoms with Crippen LogP contribution in [0.2, 0.25) is 0 Å². The minimum Gasteiger partial charge on any atom is -0.497 e. The first kappa shape index (κ1) is 22.7. The van der Waals surface area contributed by atoms with Gasteiger partial charge < -0.3 is 10.1 Å². The maximum Gasteiger partial charge on any atom is 0.261 e. The summed E-state index contributed by atoms with van der Waals surface area (Å²) in [5.74, 6) is 1.58. The van der Waals surface area contributed by atoms with Crippen molar-refractivity contribution >= 4 is 39.1 Å². The molecule has 31 heavy (non-hydrogen) atoms. The SMILES string of the molecule is COc1ccc(NS(=O)(=O)c2ccc(NC(=O)CSCc3ccccc3C)cc2)cc1. The number of thioether (sulfide) groups is 1. The van der Waals surface area contributed by atoms with Crippen molar-refractivity contribution in [2.45, 2.75) is 17.6 Å². The van der Waals surface area contributed by atoms with Crippen LogP contribution in [0, 0.1) is 6.92 Å². The fourth-order valence-corrected chi connectivity index (χ4v) is 4.78. The number of anilines is 2. The van der Waals surface area contributed by atoms with Crippen LogP contribution in [0.5, 0.6) is 5.75 Å². The van der Waals surface area contributed by atoms with Gasteiger partial charge in [0, 0.05) is 17.1 Å². The third-order valence-corrected chi connectivity index (χ3v) is 6.92. The maximum atomic E-state index is 12.6. The van der Waals surface area contributed by atoms with Gasteiger partial charge in [-0.05, 0) is 66.6 Å². The predicted molar refractivity (Wildman–Crippen MR) is 126 cm³/mol. The lowest BCUT2D eigenvalue weighted by Crippen LogP contribution is -2.15. The first-order valence-corrected chi connectivity index (χ1v) is 12.2. The van der Waals surface area contributed by atoms with Gasteiger partial charge in [-0.25, -0.2) is 8.42 Å². The Bertz CT molecular complexity index is 1130. The lowest BCUT2D eigenvalue weighted by molar-refractivity contribution is -0.113. The zero-order valence-electron chi connectivity index (χ0n) is 17.3. The van der Waals surface area contributed by atoms with Crippen molar-refractivity contribution in [3.05, 3.63) is 83.9 Å². The second kappa shape index (κ2) is 10.4. The molecule has 0 spiro atoms. The molecule has 0 aliphatic heterocycles. The quantitative estimate of drug-likeness (QED) is 0.489. The lowest BCUT2D eigenvalue weighted by Gasteiger charge is -2.10. The number of nitrogens with one attached hydrogen (secondary N) is 2. The number of carbonyl (C=O) groups excluding carboxylic acids is 1. The van der Waals surface area contributed by atoms with E-state index in [0.29, 0.717) is 22.9 Å². The monoisotopic (exact) mass is 456 g/mol. The Morgan fingerprint density at radius 3 is 2.23 bits per heavy atom. The van der Waals surface area contributed by atoms with E-state index in [1.165, 1.54) is 35.0 Å². The highest BCUT2D eigenvalue weighted by Crippen LogP contribution is 2.21. The summed E-state index contributed by atoms with van der Waals surface area (Å²) in [6.45, 7) is 2.05. The number of benzene rings is 3. The Morgan fingerprint density at radius 1 is 0.935 bits per heavy atom. The molecule has 0 atom stereocenters. The normalized spacial score (nSPS) is 11.0. The molecule has 0 heterocycles. The van der Waals surface area contributed by atoms with Gasteiger partial charge in [0.25, 0.3) is 10.0 Å². The number of methoxy groups -OCH3 is 1. The van der Waals surface area contributed by atoms with E-state index in [9.17, 15) is 13.2 Å². The Labute approximate surface area is 187 Å². The van der Waals surface area contributed by atoms with Gasteiger partial charge in [-0.1, -0.05) is 24.3 Å². The van der Waals surface area contributed by atoms with Gasteiger partial charge in [0.15, 0.2) is 0 Å². The van der Waals surface area contributed by atoms with Crippen LogP contribution in [-0.2, 0) is 20.6 Å². The average Bonchev–Trinajstić information content (AvgIpc) is 2.76. The molecule has 0 aliphatic rings. The van der Waals surface area contributed by atoms with Gasteiger partial charge in [0.2, 0.25) is 5.91 Å². The average molecular weight is 457 g/mol. The van der Waals surface area contributed by atoms with Crippen LogP contribution >= 0.6 is 11.8 Å². The topological polar surface area (TPSA) is 84.5 Å². The van der Waals surface area contributed by atoms with E-state index >= 15 is 0 Å². The van der Waals surface area contributed by atoms with Crippen molar-refractivity contribution in [2.75, 3.05) is 22.9 Å². The van der Waals surface area contributed by atoms with Gasteiger partial charge >= 0.3 is 0 Å². The molecule has 0 unspecified atom stereocenters. The van der Waals surface area contributed by atoms with Crippen LogP contribution in [0.3, 0.4) is 0 Å². The first-order chi connectivity index (χ1) is 14.9. The molecule has 0 bridgehead atoms. The van der Waals surface area contributed by atoms with Crippen LogP contribution < -0.4 is 14.8 Å². The van der Waals surface area contributed by atoms with Gasteiger partial charge in [0.1, 0.15) is 5.75 Å². The Morgan fingerprint density at radius 2 is 1.58 bits per heavy atom. The lowest BCUT2D eigenvalue weighted by atomic mass is 10.1. The summed E-state index contributed by atoms with van der Waals surface area (Å²) in [4.78, 5) is 12.3. The Balaban J connectivity index is 1.53. The van der Waals surface area contributed by atoms with E-state index in [4.69, 9.17) is 4.74 Å². The second-order valence-corrected chi connectivity index (χ2v) is 9.49. The second-order valence-electron chi connectivity index (χ2n) is 6.83. The van der Waals surface area contributed by atoms with E-state index in [-0.39, 0.29) is 10.8 Å². The largest absolute Gasteiger partial charge is 0.497 e. The highest BCUT2D eigenvalue weighted by molar-refractivity contribution is 7.99. The number of aryl methyl sites for hydroxylation is 1. The fraction of sp³-hybridized carbons (Fsp3) is 0.174. The van der Waals surface area contributed by atoms with E-state index in [1.807, 2.05) is 12.1 Å². The molecule has 0 fully saturated rings. The van der Waals surface area contributed by atoms with Crippen molar-refractivity contribution in [1.82, 2.24) is 0 Å². The molecule has 3 aromatic carbocycles. The number of rotatable bonds is 9. The van der Waals surface area contributed by atoms with E-state index < -0.39 is 10.0 Å². The van der Waals surface area contributed by atoms with Crippen molar-refractivity contribution in [3.63, 3.8) is 0 Å². The molecule has 3 aromatic rings. The summed E-state index contributed by atoms with van der Waals surface area (Å²) in [5, 5.41) is 2.79. The van der Waals surface area contributed by atoms with Crippen molar-refractivity contribution < 1.29 is 17.9 Å². The Hall–Kier alpha value is -2.97. The predicted octanol–water partition coefficient (Wildman–Crippen LogP) is 4.68. The maximum absolute atomic E-state index is 12.6.